The lowest BCUT2D eigenvalue weighted by Gasteiger charge is -2.23. The lowest BCUT2D eigenvalue weighted by atomic mass is 10.0. The van der Waals surface area contributed by atoms with E-state index in [0.717, 1.165) is 61.5 Å². The van der Waals surface area contributed by atoms with Crippen molar-refractivity contribution >= 4 is 43.6 Å². The molecule has 0 aliphatic carbocycles. The standard InChI is InChI=1S/C36H20F2N2O/c37-22-11-17-31-28(19-22)29-20-23(38)12-18-32(29)39(31)24-13-9-21(10-14-24)25-15-16-27-26-5-1-2-6-30(26)40-33-7-3-4-8-34(33)41-36(25)35(27)40/h1-20H. The highest BCUT2D eigenvalue weighted by atomic mass is 19.1. The van der Waals surface area contributed by atoms with Crippen molar-refractivity contribution in [2.24, 2.45) is 0 Å². The Hall–Kier alpha value is -5.42. The van der Waals surface area contributed by atoms with Gasteiger partial charge in [0, 0.05) is 32.8 Å². The number of halogens is 2. The van der Waals surface area contributed by atoms with Crippen LogP contribution in [0.2, 0.25) is 0 Å². The minimum Gasteiger partial charge on any atom is -0.452 e. The molecule has 0 bridgehead atoms. The Morgan fingerprint density at radius 3 is 1.93 bits per heavy atom. The number of benzene rings is 6. The van der Waals surface area contributed by atoms with Crippen molar-refractivity contribution in [3.8, 4) is 34.0 Å². The van der Waals surface area contributed by atoms with Crippen LogP contribution in [0.25, 0.3) is 66.1 Å². The van der Waals surface area contributed by atoms with E-state index >= 15 is 0 Å². The van der Waals surface area contributed by atoms with Crippen LogP contribution >= 0.6 is 0 Å². The van der Waals surface area contributed by atoms with Crippen LogP contribution in [0.15, 0.2) is 121 Å². The number of aromatic nitrogens is 2. The largest absolute Gasteiger partial charge is 0.452 e. The fourth-order valence-electron chi connectivity index (χ4n) is 6.48. The van der Waals surface area contributed by atoms with Crippen LogP contribution in [-0.2, 0) is 0 Å². The molecule has 9 rings (SSSR count). The van der Waals surface area contributed by atoms with Gasteiger partial charge in [0.15, 0.2) is 11.5 Å². The number of fused-ring (bicyclic) bond motifs is 8. The van der Waals surface area contributed by atoms with Crippen LogP contribution < -0.4 is 4.74 Å². The topological polar surface area (TPSA) is 19.1 Å². The average molecular weight is 535 g/mol. The Morgan fingerprint density at radius 1 is 0.512 bits per heavy atom. The molecule has 194 valence electrons. The predicted octanol–water partition coefficient (Wildman–Crippen LogP) is 9.93. The Bertz CT molecular complexity index is 2300. The van der Waals surface area contributed by atoms with Gasteiger partial charge in [-0.3, -0.25) is 0 Å². The second-order valence-corrected chi connectivity index (χ2v) is 10.5. The minimum atomic E-state index is -0.348. The monoisotopic (exact) mass is 534 g/mol. The Labute approximate surface area is 233 Å². The fraction of sp³-hybridized carbons (Fsp3) is 0. The molecule has 8 aromatic rings. The molecule has 3 heterocycles. The summed E-state index contributed by atoms with van der Waals surface area (Å²) in [5.41, 5.74) is 7.78. The van der Waals surface area contributed by atoms with Crippen molar-refractivity contribution in [3.05, 3.63) is 133 Å². The summed E-state index contributed by atoms with van der Waals surface area (Å²) in [5.74, 6) is 0.948. The summed E-state index contributed by atoms with van der Waals surface area (Å²) in [6, 6.07) is 38.4. The molecule has 0 saturated carbocycles. The van der Waals surface area contributed by atoms with E-state index in [9.17, 15) is 8.78 Å². The molecule has 5 heteroatoms. The molecule has 0 unspecified atom stereocenters. The van der Waals surface area contributed by atoms with E-state index in [0.29, 0.717) is 10.8 Å². The Morgan fingerprint density at radius 2 is 1.17 bits per heavy atom. The lowest BCUT2D eigenvalue weighted by molar-refractivity contribution is 0.478. The van der Waals surface area contributed by atoms with Gasteiger partial charge in [-0.15, -0.1) is 0 Å². The summed E-state index contributed by atoms with van der Waals surface area (Å²) in [7, 11) is 0. The maximum atomic E-state index is 14.2. The summed E-state index contributed by atoms with van der Waals surface area (Å²) in [4.78, 5) is 0. The molecular weight excluding hydrogens is 514 g/mol. The van der Waals surface area contributed by atoms with Crippen LogP contribution in [0.4, 0.5) is 8.78 Å². The van der Waals surface area contributed by atoms with E-state index < -0.39 is 0 Å². The number of hydrogen-bond acceptors (Lipinski definition) is 1. The molecule has 0 amide bonds. The zero-order valence-electron chi connectivity index (χ0n) is 21.6. The van der Waals surface area contributed by atoms with Crippen molar-refractivity contribution in [1.82, 2.24) is 9.13 Å². The molecule has 6 aromatic carbocycles. The first-order valence-electron chi connectivity index (χ1n) is 13.5. The number of rotatable bonds is 2. The summed E-state index contributed by atoms with van der Waals surface area (Å²) in [6.45, 7) is 0. The smallest absolute Gasteiger partial charge is 0.160 e. The van der Waals surface area contributed by atoms with E-state index in [1.807, 2.05) is 34.9 Å². The maximum absolute atomic E-state index is 14.2. The van der Waals surface area contributed by atoms with Gasteiger partial charge in [0.25, 0.3) is 0 Å². The second-order valence-electron chi connectivity index (χ2n) is 10.5. The third-order valence-corrected chi connectivity index (χ3v) is 8.23. The van der Waals surface area contributed by atoms with Crippen LogP contribution in [0.3, 0.4) is 0 Å². The highest BCUT2D eigenvalue weighted by Gasteiger charge is 2.26. The summed E-state index contributed by atoms with van der Waals surface area (Å²) in [6.07, 6.45) is 0. The molecule has 0 saturated heterocycles. The number of hydrogen-bond donors (Lipinski definition) is 0. The van der Waals surface area contributed by atoms with E-state index in [1.54, 1.807) is 12.1 Å². The van der Waals surface area contributed by atoms with Crippen molar-refractivity contribution < 1.29 is 13.5 Å². The predicted molar refractivity (Wildman–Crippen MR) is 161 cm³/mol. The highest BCUT2D eigenvalue weighted by molar-refractivity contribution is 6.14. The summed E-state index contributed by atoms with van der Waals surface area (Å²) in [5, 5.41) is 3.69. The quantitative estimate of drug-likeness (QED) is 0.216. The van der Waals surface area contributed by atoms with Gasteiger partial charge < -0.3 is 13.9 Å². The van der Waals surface area contributed by atoms with Crippen LogP contribution in [0.1, 0.15) is 0 Å². The molecule has 1 aliphatic rings. The normalized spacial score (nSPS) is 12.3. The molecule has 0 atom stereocenters. The molecule has 1 aliphatic heterocycles. The number of ether oxygens (including phenoxy) is 1. The van der Waals surface area contributed by atoms with Gasteiger partial charge in [0.05, 0.1) is 27.8 Å². The van der Waals surface area contributed by atoms with Crippen molar-refractivity contribution in [3.63, 3.8) is 0 Å². The SMILES string of the molecule is Fc1ccc2c(c1)c1cc(F)ccc1n2-c1ccc(-c2ccc3c4ccccc4n4c3c2Oc2ccccc2-4)cc1. The molecule has 2 aromatic heterocycles. The molecule has 0 N–H and O–H groups in total. The van der Waals surface area contributed by atoms with E-state index in [4.69, 9.17) is 4.74 Å². The maximum Gasteiger partial charge on any atom is 0.160 e. The third kappa shape index (κ3) is 3.06. The van der Waals surface area contributed by atoms with Gasteiger partial charge in [-0.1, -0.05) is 48.5 Å². The van der Waals surface area contributed by atoms with Gasteiger partial charge in [0.2, 0.25) is 0 Å². The molecule has 3 nitrogen and oxygen atoms in total. The highest BCUT2D eigenvalue weighted by Crippen LogP contribution is 2.49. The van der Waals surface area contributed by atoms with Crippen LogP contribution in [0, 0.1) is 11.6 Å². The fourth-order valence-corrected chi connectivity index (χ4v) is 6.48. The zero-order valence-corrected chi connectivity index (χ0v) is 21.6. The molecule has 0 radical (unpaired) electrons. The summed E-state index contributed by atoms with van der Waals surface area (Å²) < 4.78 is 39.3. The van der Waals surface area contributed by atoms with Gasteiger partial charge in [0.1, 0.15) is 11.6 Å². The first-order chi connectivity index (χ1) is 20.2. The second kappa shape index (κ2) is 8.05. The van der Waals surface area contributed by atoms with Crippen molar-refractivity contribution in [1.29, 1.82) is 0 Å². The first-order valence-corrected chi connectivity index (χ1v) is 13.5. The van der Waals surface area contributed by atoms with Crippen LogP contribution in [-0.4, -0.2) is 9.13 Å². The molecule has 0 spiro atoms. The van der Waals surface area contributed by atoms with Gasteiger partial charge in [-0.2, -0.15) is 0 Å². The van der Waals surface area contributed by atoms with Crippen molar-refractivity contribution in [2.45, 2.75) is 0 Å². The average Bonchev–Trinajstić information content (AvgIpc) is 3.51. The first kappa shape index (κ1) is 22.4. The van der Waals surface area contributed by atoms with E-state index in [1.165, 1.54) is 29.7 Å². The zero-order chi connectivity index (χ0) is 27.2. The third-order valence-electron chi connectivity index (χ3n) is 8.23. The van der Waals surface area contributed by atoms with Gasteiger partial charge in [-0.05, 0) is 78.4 Å². The van der Waals surface area contributed by atoms with Crippen LogP contribution in [0.5, 0.6) is 11.5 Å². The van der Waals surface area contributed by atoms with Gasteiger partial charge >= 0.3 is 0 Å². The Balaban J connectivity index is 1.25. The van der Waals surface area contributed by atoms with Crippen molar-refractivity contribution in [2.75, 3.05) is 0 Å². The number of nitrogens with zero attached hydrogens (tertiary/aromatic N) is 2. The molecular formula is C36H20F2N2O. The van der Waals surface area contributed by atoms with E-state index in [-0.39, 0.29) is 11.6 Å². The number of para-hydroxylation sites is 3. The van der Waals surface area contributed by atoms with Gasteiger partial charge in [-0.25, -0.2) is 8.78 Å². The molecule has 0 fully saturated rings. The minimum absolute atomic E-state index is 0.348. The van der Waals surface area contributed by atoms with E-state index in [2.05, 4.69) is 59.2 Å². The lowest BCUT2D eigenvalue weighted by Crippen LogP contribution is -2.05. The summed E-state index contributed by atoms with van der Waals surface area (Å²) >= 11 is 0. The molecule has 41 heavy (non-hydrogen) atoms. The Kier molecular flexibility index (Phi) is 4.40.